The fourth-order valence-corrected chi connectivity index (χ4v) is 6.13. The highest BCUT2D eigenvalue weighted by molar-refractivity contribution is 5.90. The third-order valence-electron chi connectivity index (χ3n) is 8.57. The molecule has 2 aliphatic carbocycles. The smallest absolute Gasteiger partial charge is 0.414 e. The van der Waals surface area contributed by atoms with Crippen molar-refractivity contribution in [2.45, 2.75) is 36.4 Å². The van der Waals surface area contributed by atoms with Crippen molar-refractivity contribution >= 4 is 17.7 Å². The molecule has 39 heavy (non-hydrogen) atoms. The number of pyridine rings is 1. The lowest BCUT2D eigenvalue weighted by atomic mass is 9.95. The highest BCUT2D eigenvalue weighted by Crippen LogP contribution is 2.63. The van der Waals surface area contributed by atoms with Crippen LogP contribution in [-0.2, 0) is 21.5 Å². The van der Waals surface area contributed by atoms with Crippen molar-refractivity contribution in [3.05, 3.63) is 60.4 Å². The number of nitriles is 1. The molecule has 2 saturated heterocycles. The number of likely N-dealkylation sites (tertiary alicyclic amines) is 1. The zero-order valence-electron chi connectivity index (χ0n) is 20.9. The Bertz CT molecular complexity index is 1500. The number of carbonyl (C=O) groups is 2. The summed E-state index contributed by atoms with van der Waals surface area (Å²) in [6.07, 6.45) is 5.25. The predicted octanol–water partition coefficient (Wildman–Crippen LogP) is 1.85. The molecule has 3 atom stereocenters. The zero-order chi connectivity index (χ0) is 26.9. The van der Waals surface area contributed by atoms with Crippen LogP contribution in [0, 0.1) is 29.0 Å². The molecule has 2 unspecified atom stereocenters. The van der Waals surface area contributed by atoms with E-state index in [0.29, 0.717) is 55.0 Å². The molecular formula is C27H25FN8O3. The number of nitrogens with two attached hydrogens (primary N) is 1. The number of anilines is 1. The average molecular weight is 529 g/mol. The molecule has 11 nitrogen and oxygen atoms in total. The number of hydrogen-bond donors (Lipinski definition) is 1. The average Bonchev–Trinajstić information content (AvgIpc) is 3.49. The van der Waals surface area contributed by atoms with Crippen LogP contribution in [0.1, 0.15) is 18.5 Å². The van der Waals surface area contributed by atoms with Crippen molar-refractivity contribution in [1.82, 2.24) is 24.9 Å². The van der Waals surface area contributed by atoms with Gasteiger partial charge in [0.15, 0.2) is 0 Å². The highest BCUT2D eigenvalue weighted by atomic mass is 19.1. The Hall–Kier alpha value is -4.37. The van der Waals surface area contributed by atoms with Gasteiger partial charge in [-0.05, 0) is 37.1 Å². The summed E-state index contributed by atoms with van der Waals surface area (Å²) in [5.74, 6) is -0.469. The van der Waals surface area contributed by atoms with E-state index in [-0.39, 0.29) is 24.3 Å². The largest absolute Gasteiger partial charge is 0.442 e. The molecule has 198 valence electrons. The molecule has 0 radical (unpaired) electrons. The van der Waals surface area contributed by atoms with E-state index >= 15 is 4.39 Å². The Kier molecular flexibility index (Phi) is 5.06. The first-order valence-corrected chi connectivity index (χ1v) is 12.9. The van der Waals surface area contributed by atoms with E-state index in [1.165, 1.54) is 11.0 Å². The van der Waals surface area contributed by atoms with Gasteiger partial charge >= 0.3 is 6.09 Å². The summed E-state index contributed by atoms with van der Waals surface area (Å²) < 4.78 is 22.2. The van der Waals surface area contributed by atoms with Crippen LogP contribution in [0.5, 0.6) is 0 Å². The first kappa shape index (κ1) is 23.7. The fourth-order valence-electron chi connectivity index (χ4n) is 6.13. The van der Waals surface area contributed by atoms with E-state index in [1.807, 2.05) is 0 Å². The van der Waals surface area contributed by atoms with Crippen molar-refractivity contribution in [3.8, 4) is 17.2 Å². The number of ether oxygens (including phenoxy) is 1. The molecule has 4 aliphatic rings. The van der Waals surface area contributed by atoms with Crippen LogP contribution < -0.4 is 10.6 Å². The molecule has 1 aromatic carbocycles. The van der Waals surface area contributed by atoms with Gasteiger partial charge in [0.25, 0.3) is 0 Å². The summed E-state index contributed by atoms with van der Waals surface area (Å²) in [6, 6.07) is 10.6. The number of carbonyl (C=O) groups excluding carboxylic acids is 2. The van der Waals surface area contributed by atoms with E-state index in [1.54, 1.807) is 52.4 Å². The summed E-state index contributed by atoms with van der Waals surface area (Å²) in [5, 5.41) is 17.7. The Morgan fingerprint density at radius 2 is 2.00 bits per heavy atom. The van der Waals surface area contributed by atoms with Gasteiger partial charge in [0.05, 0.1) is 42.3 Å². The van der Waals surface area contributed by atoms with Gasteiger partial charge in [-0.2, -0.15) is 5.26 Å². The van der Waals surface area contributed by atoms with Crippen LogP contribution in [0.2, 0.25) is 0 Å². The minimum Gasteiger partial charge on any atom is -0.442 e. The number of aromatic nitrogens is 4. The summed E-state index contributed by atoms with van der Waals surface area (Å²) in [6.45, 7) is 1.64. The maximum absolute atomic E-state index is 15.2. The van der Waals surface area contributed by atoms with Gasteiger partial charge in [-0.25, -0.2) is 13.9 Å². The minimum atomic E-state index is -0.734. The molecular weight excluding hydrogens is 503 g/mol. The van der Waals surface area contributed by atoms with E-state index in [0.717, 1.165) is 0 Å². The second-order valence-corrected chi connectivity index (χ2v) is 10.9. The van der Waals surface area contributed by atoms with Gasteiger partial charge in [0.1, 0.15) is 17.3 Å². The number of halogens is 1. The minimum absolute atomic E-state index is 0.0170. The van der Waals surface area contributed by atoms with Crippen LogP contribution in [0.3, 0.4) is 0 Å². The van der Waals surface area contributed by atoms with Crippen LogP contribution in [0.4, 0.5) is 14.9 Å². The maximum atomic E-state index is 15.2. The first-order chi connectivity index (χ1) is 18.8. The molecule has 0 spiro atoms. The molecule has 2 saturated carbocycles. The lowest BCUT2D eigenvalue weighted by molar-refractivity contribution is -0.133. The molecule has 2 aliphatic heterocycles. The Labute approximate surface area is 223 Å². The molecule has 3 aromatic rings. The highest BCUT2D eigenvalue weighted by Gasteiger charge is 2.72. The molecule has 0 bridgehead atoms. The summed E-state index contributed by atoms with van der Waals surface area (Å²) in [4.78, 5) is 32.7. The normalized spacial score (nSPS) is 28.1. The molecule has 2 N–H and O–H groups in total. The quantitative estimate of drug-likeness (QED) is 0.511. The molecule has 2 amide bonds. The Morgan fingerprint density at radius 3 is 2.62 bits per heavy atom. The van der Waals surface area contributed by atoms with Gasteiger partial charge in [-0.3, -0.25) is 14.7 Å². The van der Waals surface area contributed by atoms with Gasteiger partial charge < -0.3 is 15.4 Å². The SMILES string of the molecule is N#CC1(c2ccc(-c3ccc(N4C[C@H](Cn5ccnn5)OC4=O)cc3F)cn2)C2CN(C(=O)C3(N)CC3)CC21. The first-order valence-electron chi connectivity index (χ1n) is 12.9. The van der Waals surface area contributed by atoms with Crippen LogP contribution >= 0.6 is 0 Å². The van der Waals surface area contributed by atoms with E-state index in [4.69, 9.17) is 10.5 Å². The van der Waals surface area contributed by atoms with Crippen molar-refractivity contribution < 1.29 is 18.7 Å². The fraction of sp³-hybridized carbons (Fsp3) is 0.407. The number of piperidine rings is 1. The number of fused-ring (bicyclic) bond motifs is 1. The molecule has 4 fully saturated rings. The van der Waals surface area contributed by atoms with Crippen LogP contribution in [0.15, 0.2) is 48.9 Å². The van der Waals surface area contributed by atoms with Gasteiger partial charge in [0.2, 0.25) is 5.91 Å². The number of amides is 2. The summed E-state index contributed by atoms with van der Waals surface area (Å²) in [7, 11) is 0. The van der Waals surface area contributed by atoms with Gasteiger partial charge in [-0.1, -0.05) is 11.3 Å². The number of benzene rings is 1. The zero-order valence-corrected chi connectivity index (χ0v) is 20.9. The van der Waals surface area contributed by atoms with Crippen molar-refractivity contribution in [3.63, 3.8) is 0 Å². The summed E-state index contributed by atoms with van der Waals surface area (Å²) >= 11 is 0. The lowest BCUT2D eigenvalue weighted by Gasteiger charge is -2.25. The standard InChI is InChI=1S/C27H25FN8O3/c28-22-9-17(36-12-18(39-25(36)38)11-35-8-7-32-33-35)2-3-19(22)16-1-4-23(31-10-16)27(15-29)20-13-34(14-21(20)27)24(37)26(30)5-6-26/h1-4,7-10,18,20-21H,5-6,11-14,30H2/t18-,20?,21?,27?/m0/s1. The van der Waals surface area contributed by atoms with E-state index in [9.17, 15) is 14.9 Å². The lowest BCUT2D eigenvalue weighted by Crippen LogP contribution is -2.46. The number of rotatable bonds is 6. The Balaban J connectivity index is 1.05. The number of cyclic esters (lactones) is 1. The van der Waals surface area contributed by atoms with Crippen molar-refractivity contribution in [2.24, 2.45) is 17.6 Å². The third kappa shape index (κ3) is 3.68. The van der Waals surface area contributed by atoms with E-state index < -0.39 is 29.0 Å². The molecule has 4 heterocycles. The molecule has 2 aromatic heterocycles. The number of hydrogen-bond acceptors (Lipinski definition) is 8. The predicted molar refractivity (Wildman–Crippen MR) is 134 cm³/mol. The number of nitrogens with zero attached hydrogens (tertiary/aromatic N) is 7. The van der Waals surface area contributed by atoms with Crippen molar-refractivity contribution in [1.29, 1.82) is 5.26 Å². The second-order valence-electron chi connectivity index (χ2n) is 10.9. The van der Waals surface area contributed by atoms with Crippen LogP contribution in [-0.4, -0.2) is 68.2 Å². The van der Waals surface area contributed by atoms with Crippen LogP contribution in [0.25, 0.3) is 11.1 Å². The Morgan fingerprint density at radius 1 is 1.21 bits per heavy atom. The summed E-state index contributed by atoms with van der Waals surface area (Å²) in [5.41, 5.74) is 6.56. The topological polar surface area (TPSA) is 143 Å². The third-order valence-corrected chi connectivity index (χ3v) is 8.57. The van der Waals surface area contributed by atoms with Gasteiger partial charge in [-0.15, -0.1) is 5.10 Å². The van der Waals surface area contributed by atoms with E-state index in [2.05, 4.69) is 21.4 Å². The molecule has 7 rings (SSSR count). The maximum Gasteiger partial charge on any atom is 0.414 e. The monoisotopic (exact) mass is 528 g/mol. The second kappa shape index (κ2) is 8.31. The van der Waals surface area contributed by atoms with Crippen molar-refractivity contribution in [2.75, 3.05) is 24.5 Å². The molecule has 12 heteroatoms. The van der Waals surface area contributed by atoms with Gasteiger partial charge in [0, 0.05) is 48.4 Å².